The number of carbonyl (C=O) groups excluding carboxylic acids is 1. The largest absolute Gasteiger partial charge is 0.484 e. The fraction of sp³-hybridized carbons (Fsp3) is 0.500. The third-order valence-electron chi connectivity index (χ3n) is 3.37. The van der Waals surface area contributed by atoms with Crippen LogP contribution in [0.3, 0.4) is 0 Å². The van der Waals surface area contributed by atoms with Crippen molar-refractivity contribution >= 4 is 11.7 Å². The Morgan fingerprint density at radius 1 is 1.35 bits per heavy atom. The van der Waals surface area contributed by atoms with E-state index >= 15 is 0 Å². The third kappa shape index (κ3) is 5.00. The van der Waals surface area contributed by atoms with Crippen molar-refractivity contribution in [1.29, 1.82) is 0 Å². The summed E-state index contributed by atoms with van der Waals surface area (Å²) in [6, 6.07) is 4.48. The van der Waals surface area contributed by atoms with Gasteiger partial charge < -0.3 is 25.2 Å². The van der Waals surface area contributed by atoms with Crippen molar-refractivity contribution in [3.05, 3.63) is 24.3 Å². The van der Waals surface area contributed by atoms with E-state index < -0.39 is 31.0 Å². The number of rotatable bonds is 4. The van der Waals surface area contributed by atoms with Gasteiger partial charge in [0.1, 0.15) is 5.75 Å². The van der Waals surface area contributed by atoms with Gasteiger partial charge in [-0.15, -0.1) is 0 Å². The second-order valence-electron chi connectivity index (χ2n) is 5.24. The molecule has 0 saturated carbocycles. The number of benzene rings is 1. The van der Waals surface area contributed by atoms with E-state index in [0.717, 1.165) is 0 Å². The van der Waals surface area contributed by atoms with Crippen molar-refractivity contribution in [3.63, 3.8) is 0 Å². The Morgan fingerprint density at radius 2 is 2.00 bits per heavy atom. The van der Waals surface area contributed by atoms with Gasteiger partial charge in [-0.25, -0.2) is 4.79 Å². The number of hydrogen-bond donors (Lipinski definition) is 3. The molecule has 2 rings (SSSR count). The molecule has 128 valence electrons. The molecule has 2 amide bonds. The molecule has 0 radical (unpaired) electrons. The van der Waals surface area contributed by atoms with Gasteiger partial charge in [0.2, 0.25) is 0 Å². The molecular weight excluding hydrogens is 317 g/mol. The number of amides is 2. The van der Waals surface area contributed by atoms with Crippen molar-refractivity contribution in [1.82, 2.24) is 4.90 Å². The lowest BCUT2D eigenvalue weighted by Crippen LogP contribution is -2.40. The van der Waals surface area contributed by atoms with Crippen molar-refractivity contribution in [2.45, 2.75) is 24.7 Å². The molecule has 0 aliphatic carbocycles. The van der Waals surface area contributed by atoms with Gasteiger partial charge in [0.05, 0.1) is 18.8 Å². The predicted molar refractivity (Wildman–Crippen MR) is 75.2 cm³/mol. The molecule has 1 heterocycles. The number of urea groups is 1. The zero-order valence-corrected chi connectivity index (χ0v) is 12.1. The number of hydrogen-bond acceptors (Lipinski definition) is 4. The molecule has 9 heteroatoms. The molecule has 2 atom stereocenters. The number of aliphatic hydroxyl groups excluding tert-OH is 2. The summed E-state index contributed by atoms with van der Waals surface area (Å²) in [5.41, 5.74) is 0.368. The van der Waals surface area contributed by atoms with Crippen LogP contribution in [0, 0.1) is 0 Å². The van der Waals surface area contributed by atoms with E-state index in [2.05, 4.69) is 10.1 Å². The highest BCUT2D eigenvalue weighted by molar-refractivity contribution is 5.89. The second-order valence-corrected chi connectivity index (χ2v) is 5.24. The van der Waals surface area contributed by atoms with E-state index in [1.54, 1.807) is 0 Å². The monoisotopic (exact) mass is 334 g/mol. The van der Waals surface area contributed by atoms with E-state index in [0.29, 0.717) is 12.1 Å². The summed E-state index contributed by atoms with van der Waals surface area (Å²) < 4.78 is 40.7. The molecular formula is C14H17F3N2O4. The average molecular weight is 334 g/mol. The van der Waals surface area contributed by atoms with Crippen molar-refractivity contribution in [2.24, 2.45) is 0 Å². The maximum absolute atomic E-state index is 12.1. The highest BCUT2D eigenvalue weighted by atomic mass is 19.4. The number of alkyl halides is 3. The van der Waals surface area contributed by atoms with Crippen molar-refractivity contribution in [2.75, 3.05) is 25.1 Å². The minimum absolute atomic E-state index is 0.0325. The zero-order valence-electron chi connectivity index (χ0n) is 12.1. The quantitative estimate of drug-likeness (QED) is 0.781. The van der Waals surface area contributed by atoms with Crippen LogP contribution in [0.1, 0.15) is 6.42 Å². The minimum Gasteiger partial charge on any atom is -0.484 e. The number of carbonyl (C=O) groups is 1. The number of anilines is 1. The predicted octanol–water partition coefficient (Wildman–Crippen LogP) is 1.59. The van der Waals surface area contributed by atoms with Crippen LogP contribution in [0.4, 0.5) is 23.7 Å². The maximum Gasteiger partial charge on any atom is 0.422 e. The first-order valence-electron chi connectivity index (χ1n) is 6.94. The molecule has 3 N–H and O–H groups in total. The lowest BCUT2D eigenvalue weighted by atomic mass is 10.2. The van der Waals surface area contributed by atoms with E-state index in [9.17, 15) is 28.2 Å². The minimum atomic E-state index is -4.41. The number of β-amino-alcohol motifs (C(OH)–C–C–N with tert-alkyl or cyclic N) is 1. The third-order valence-corrected chi connectivity index (χ3v) is 3.37. The molecule has 1 aromatic rings. The highest BCUT2D eigenvalue weighted by Crippen LogP contribution is 2.22. The average Bonchev–Trinajstić information content (AvgIpc) is 2.87. The van der Waals surface area contributed by atoms with Gasteiger partial charge in [-0.1, -0.05) is 0 Å². The Morgan fingerprint density at radius 3 is 2.57 bits per heavy atom. The normalized spacial score (nSPS) is 21.3. The van der Waals surface area contributed by atoms with E-state index in [4.69, 9.17) is 0 Å². The molecule has 0 bridgehead atoms. The van der Waals surface area contributed by atoms with Crippen LogP contribution in [0.15, 0.2) is 24.3 Å². The SMILES string of the molecule is O=C(Nc1ccc(OCC(F)(F)F)cc1)N1C[C@H](O)C[C@H]1CO. The van der Waals surface area contributed by atoms with Gasteiger partial charge in [-0.05, 0) is 30.7 Å². The van der Waals surface area contributed by atoms with Gasteiger partial charge >= 0.3 is 12.2 Å². The molecule has 1 aliphatic heterocycles. The Hall–Kier alpha value is -2.00. The topological polar surface area (TPSA) is 82.0 Å². The standard InChI is InChI=1S/C14H17F3N2O4/c15-14(16,17)8-23-12-3-1-9(2-4-12)18-13(22)19-6-11(21)5-10(19)7-20/h1-4,10-11,20-21H,5-8H2,(H,18,22)/t10-,11+/m0/s1. The number of likely N-dealkylation sites (tertiary alicyclic amines) is 1. The smallest absolute Gasteiger partial charge is 0.422 e. The van der Waals surface area contributed by atoms with E-state index in [1.807, 2.05) is 0 Å². The number of aliphatic hydroxyl groups is 2. The zero-order chi connectivity index (χ0) is 17.0. The molecule has 1 aromatic carbocycles. The second kappa shape index (κ2) is 7.05. The molecule has 1 saturated heterocycles. The molecule has 0 unspecified atom stereocenters. The van der Waals surface area contributed by atoms with Gasteiger partial charge in [-0.2, -0.15) is 13.2 Å². The summed E-state index contributed by atoms with van der Waals surface area (Å²) in [5, 5.41) is 21.3. The summed E-state index contributed by atoms with van der Waals surface area (Å²) >= 11 is 0. The lowest BCUT2D eigenvalue weighted by molar-refractivity contribution is -0.153. The lowest BCUT2D eigenvalue weighted by Gasteiger charge is -2.23. The Balaban J connectivity index is 1.91. The van der Waals surface area contributed by atoms with Crippen molar-refractivity contribution in [3.8, 4) is 5.75 Å². The van der Waals surface area contributed by atoms with Crippen LogP contribution >= 0.6 is 0 Å². The van der Waals surface area contributed by atoms with E-state index in [1.165, 1.54) is 29.2 Å². The summed E-state index contributed by atoms with van der Waals surface area (Å²) in [4.78, 5) is 13.4. The first-order valence-corrected chi connectivity index (χ1v) is 6.94. The summed E-state index contributed by atoms with van der Waals surface area (Å²) in [5.74, 6) is 0.0325. The molecule has 23 heavy (non-hydrogen) atoms. The number of nitrogens with one attached hydrogen (secondary N) is 1. The van der Waals surface area contributed by atoms with Gasteiger partial charge in [0.15, 0.2) is 6.61 Å². The van der Waals surface area contributed by atoms with Crippen LogP contribution in [-0.2, 0) is 0 Å². The first kappa shape index (κ1) is 17.4. The number of nitrogens with zero attached hydrogens (tertiary/aromatic N) is 1. The van der Waals surface area contributed by atoms with Crippen LogP contribution in [0.5, 0.6) is 5.75 Å². The molecule has 6 nitrogen and oxygen atoms in total. The maximum atomic E-state index is 12.1. The number of halogens is 3. The summed E-state index contributed by atoms with van der Waals surface area (Å²) in [6.07, 6.45) is -4.80. The molecule has 1 fully saturated rings. The molecule has 0 aromatic heterocycles. The molecule has 0 spiro atoms. The van der Waals surface area contributed by atoms with Gasteiger partial charge in [0.25, 0.3) is 0 Å². The highest BCUT2D eigenvalue weighted by Gasteiger charge is 2.33. The fourth-order valence-electron chi connectivity index (χ4n) is 2.31. The number of ether oxygens (including phenoxy) is 1. The van der Waals surface area contributed by atoms with Gasteiger partial charge in [0, 0.05) is 12.2 Å². The molecule has 1 aliphatic rings. The Kier molecular flexibility index (Phi) is 5.32. The van der Waals surface area contributed by atoms with Crippen LogP contribution in [0.2, 0.25) is 0 Å². The van der Waals surface area contributed by atoms with E-state index in [-0.39, 0.29) is 18.9 Å². The van der Waals surface area contributed by atoms with Crippen molar-refractivity contribution < 1.29 is 32.9 Å². The fourth-order valence-corrected chi connectivity index (χ4v) is 2.31. The summed E-state index contributed by atoms with van der Waals surface area (Å²) in [7, 11) is 0. The van der Waals surface area contributed by atoms with Crippen LogP contribution in [-0.4, -0.2) is 59.2 Å². The Labute approximate surface area is 130 Å². The first-order chi connectivity index (χ1) is 10.8. The van der Waals surface area contributed by atoms with Crippen LogP contribution < -0.4 is 10.1 Å². The van der Waals surface area contributed by atoms with Gasteiger partial charge in [-0.3, -0.25) is 0 Å². The summed E-state index contributed by atoms with van der Waals surface area (Å²) in [6.45, 7) is -1.53. The Bertz CT molecular complexity index is 536. The van der Waals surface area contributed by atoms with Crippen LogP contribution in [0.25, 0.3) is 0 Å².